The first kappa shape index (κ1) is 13.7. The maximum atomic E-state index is 11.0. The third kappa shape index (κ3) is 3.63. The Morgan fingerprint density at radius 2 is 2.00 bits per heavy atom. The highest BCUT2D eigenvalue weighted by Crippen LogP contribution is 2.37. The molecule has 0 saturated heterocycles. The number of carboxylic acids is 1. The van der Waals surface area contributed by atoms with Crippen molar-refractivity contribution in [3.63, 3.8) is 0 Å². The van der Waals surface area contributed by atoms with E-state index in [2.05, 4.69) is 13.8 Å². The van der Waals surface area contributed by atoms with Gasteiger partial charge in [0.25, 0.3) is 0 Å². The van der Waals surface area contributed by atoms with Crippen molar-refractivity contribution in [1.29, 1.82) is 0 Å². The average Bonchev–Trinajstić information content (AvgIpc) is 2.80. The van der Waals surface area contributed by atoms with Crippen molar-refractivity contribution >= 4 is 5.97 Å². The van der Waals surface area contributed by atoms with Crippen LogP contribution < -0.4 is 9.47 Å². The fourth-order valence-electron chi connectivity index (χ4n) is 2.30. The molecule has 0 radical (unpaired) electrons. The fourth-order valence-corrected chi connectivity index (χ4v) is 2.30. The molecule has 19 heavy (non-hydrogen) atoms. The van der Waals surface area contributed by atoms with Crippen molar-refractivity contribution in [3.8, 4) is 11.5 Å². The van der Waals surface area contributed by atoms with Crippen LogP contribution in [0.2, 0.25) is 0 Å². The highest BCUT2D eigenvalue weighted by Gasteiger charge is 2.20. The van der Waals surface area contributed by atoms with Crippen LogP contribution in [0.4, 0.5) is 0 Å². The second kappa shape index (κ2) is 5.95. The zero-order valence-corrected chi connectivity index (χ0v) is 11.4. The van der Waals surface area contributed by atoms with Crippen LogP contribution in [-0.4, -0.2) is 17.9 Å². The second-order valence-electron chi connectivity index (χ2n) is 5.38. The van der Waals surface area contributed by atoms with Crippen LogP contribution in [0.3, 0.4) is 0 Å². The number of ether oxygens (including phenoxy) is 2. The van der Waals surface area contributed by atoms with Gasteiger partial charge in [0.2, 0.25) is 6.79 Å². The molecule has 104 valence electrons. The van der Waals surface area contributed by atoms with Crippen LogP contribution in [0, 0.1) is 5.92 Å². The number of carbonyl (C=O) groups is 1. The summed E-state index contributed by atoms with van der Waals surface area (Å²) in [5, 5.41) is 9.05. The van der Waals surface area contributed by atoms with Crippen LogP contribution in [0.15, 0.2) is 18.2 Å². The molecule has 0 saturated carbocycles. The molecule has 2 rings (SSSR count). The Bertz CT molecular complexity index is 453. The molecule has 4 heteroatoms. The Kier molecular flexibility index (Phi) is 4.30. The molecule has 1 aliphatic rings. The van der Waals surface area contributed by atoms with Gasteiger partial charge in [-0.2, -0.15) is 0 Å². The van der Waals surface area contributed by atoms with Crippen molar-refractivity contribution in [3.05, 3.63) is 23.8 Å². The molecule has 0 aromatic heterocycles. The van der Waals surface area contributed by atoms with Gasteiger partial charge in [-0.15, -0.1) is 0 Å². The number of carboxylic acid groups (broad SMARTS) is 1. The number of fused-ring (bicyclic) bond motifs is 1. The van der Waals surface area contributed by atoms with Crippen molar-refractivity contribution in [2.45, 2.75) is 39.0 Å². The zero-order chi connectivity index (χ0) is 13.8. The van der Waals surface area contributed by atoms with Crippen LogP contribution in [0.1, 0.15) is 44.6 Å². The summed E-state index contributed by atoms with van der Waals surface area (Å²) in [5.74, 6) is 1.31. The molecule has 0 bridgehead atoms. The maximum Gasteiger partial charge on any atom is 0.303 e. The number of hydrogen-bond acceptors (Lipinski definition) is 3. The van der Waals surface area contributed by atoms with E-state index in [1.807, 2.05) is 18.2 Å². The van der Waals surface area contributed by atoms with Gasteiger partial charge in [-0.3, -0.25) is 4.79 Å². The first-order valence-corrected chi connectivity index (χ1v) is 6.67. The third-order valence-electron chi connectivity index (χ3n) is 3.38. The van der Waals surface area contributed by atoms with Gasteiger partial charge in [-0.25, -0.2) is 0 Å². The topological polar surface area (TPSA) is 55.8 Å². The number of benzene rings is 1. The van der Waals surface area contributed by atoms with Gasteiger partial charge < -0.3 is 14.6 Å². The summed E-state index contributed by atoms with van der Waals surface area (Å²) >= 11 is 0. The van der Waals surface area contributed by atoms with E-state index in [0.29, 0.717) is 5.92 Å². The van der Waals surface area contributed by atoms with E-state index in [9.17, 15) is 4.79 Å². The molecular formula is C15H20O4. The van der Waals surface area contributed by atoms with Crippen molar-refractivity contribution in [2.24, 2.45) is 5.92 Å². The molecule has 0 fully saturated rings. The SMILES string of the molecule is CC(C)CC[C@@H](CC(=O)O)c1ccc2c(c1)OCO2. The van der Waals surface area contributed by atoms with Gasteiger partial charge in [0, 0.05) is 0 Å². The molecule has 0 amide bonds. The molecule has 1 aromatic carbocycles. The van der Waals surface area contributed by atoms with Crippen LogP contribution in [-0.2, 0) is 4.79 Å². The third-order valence-corrected chi connectivity index (χ3v) is 3.38. The van der Waals surface area contributed by atoms with Crippen molar-refractivity contribution < 1.29 is 19.4 Å². The van der Waals surface area contributed by atoms with E-state index in [4.69, 9.17) is 14.6 Å². The van der Waals surface area contributed by atoms with E-state index in [1.54, 1.807) is 0 Å². The largest absolute Gasteiger partial charge is 0.481 e. The Balaban J connectivity index is 2.14. The Hall–Kier alpha value is -1.71. The number of aliphatic carboxylic acids is 1. The molecule has 1 aliphatic heterocycles. The monoisotopic (exact) mass is 264 g/mol. The van der Waals surface area contributed by atoms with Gasteiger partial charge in [0.1, 0.15) is 0 Å². The molecule has 0 unspecified atom stereocenters. The van der Waals surface area contributed by atoms with Gasteiger partial charge in [-0.1, -0.05) is 26.3 Å². The normalized spacial score (nSPS) is 14.7. The van der Waals surface area contributed by atoms with E-state index in [-0.39, 0.29) is 19.1 Å². The second-order valence-corrected chi connectivity index (χ2v) is 5.38. The lowest BCUT2D eigenvalue weighted by Gasteiger charge is -2.17. The summed E-state index contributed by atoms with van der Waals surface area (Å²) in [7, 11) is 0. The molecule has 4 nitrogen and oxygen atoms in total. The summed E-state index contributed by atoms with van der Waals surface area (Å²) in [6, 6.07) is 5.72. The van der Waals surface area contributed by atoms with Crippen molar-refractivity contribution in [2.75, 3.05) is 6.79 Å². The molecule has 0 spiro atoms. The molecule has 1 heterocycles. The first-order valence-electron chi connectivity index (χ1n) is 6.67. The summed E-state index contributed by atoms with van der Waals surface area (Å²) < 4.78 is 10.6. The first-order chi connectivity index (χ1) is 9.06. The van der Waals surface area contributed by atoms with E-state index >= 15 is 0 Å². The number of rotatable bonds is 6. The van der Waals surface area contributed by atoms with E-state index in [1.165, 1.54) is 0 Å². The van der Waals surface area contributed by atoms with Gasteiger partial charge in [-0.05, 0) is 36.0 Å². The van der Waals surface area contributed by atoms with Crippen LogP contribution in [0.5, 0.6) is 11.5 Å². The predicted molar refractivity (Wildman–Crippen MR) is 71.6 cm³/mol. The minimum atomic E-state index is -0.758. The summed E-state index contributed by atoms with van der Waals surface area (Å²) in [6.45, 7) is 4.54. The Morgan fingerprint density at radius 1 is 1.26 bits per heavy atom. The summed E-state index contributed by atoms with van der Waals surface area (Å²) in [6.07, 6.45) is 2.06. The van der Waals surface area contributed by atoms with Gasteiger partial charge in [0.15, 0.2) is 11.5 Å². The zero-order valence-electron chi connectivity index (χ0n) is 11.4. The lowest BCUT2D eigenvalue weighted by Crippen LogP contribution is -2.07. The van der Waals surface area contributed by atoms with Crippen LogP contribution >= 0.6 is 0 Å². The van der Waals surface area contributed by atoms with Crippen LogP contribution in [0.25, 0.3) is 0 Å². The highest BCUT2D eigenvalue weighted by molar-refractivity contribution is 5.68. The van der Waals surface area contributed by atoms with E-state index < -0.39 is 5.97 Å². The predicted octanol–water partition coefficient (Wildman–Crippen LogP) is 3.41. The van der Waals surface area contributed by atoms with E-state index in [0.717, 1.165) is 29.9 Å². The smallest absolute Gasteiger partial charge is 0.303 e. The molecule has 1 N–H and O–H groups in total. The molecule has 1 atom stereocenters. The minimum Gasteiger partial charge on any atom is -0.481 e. The molecular weight excluding hydrogens is 244 g/mol. The summed E-state index contributed by atoms with van der Waals surface area (Å²) in [4.78, 5) is 11.0. The standard InChI is InChI=1S/C15H20O4/c1-10(2)3-4-12(8-15(16)17)11-5-6-13-14(7-11)19-9-18-13/h5-7,10,12H,3-4,8-9H2,1-2H3,(H,16,17)/t12-/m0/s1. The lowest BCUT2D eigenvalue weighted by molar-refractivity contribution is -0.137. The Morgan fingerprint density at radius 3 is 2.68 bits per heavy atom. The highest BCUT2D eigenvalue weighted by atomic mass is 16.7. The van der Waals surface area contributed by atoms with Gasteiger partial charge in [0.05, 0.1) is 6.42 Å². The average molecular weight is 264 g/mol. The lowest BCUT2D eigenvalue weighted by atomic mass is 9.88. The molecule has 1 aromatic rings. The number of hydrogen-bond donors (Lipinski definition) is 1. The summed E-state index contributed by atoms with van der Waals surface area (Å²) in [5.41, 5.74) is 1.02. The van der Waals surface area contributed by atoms with Crippen molar-refractivity contribution in [1.82, 2.24) is 0 Å². The quantitative estimate of drug-likeness (QED) is 0.855. The fraction of sp³-hybridized carbons (Fsp3) is 0.533. The minimum absolute atomic E-state index is 0.0365. The maximum absolute atomic E-state index is 11.0. The molecule has 0 aliphatic carbocycles. The van der Waals surface area contributed by atoms with Gasteiger partial charge >= 0.3 is 5.97 Å². The Labute approximate surface area is 113 Å².